The maximum Gasteiger partial charge on any atom is 0.407 e. The van der Waals surface area contributed by atoms with Crippen molar-refractivity contribution >= 4 is 12.4 Å². The van der Waals surface area contributed by atoms with Gasteiger partial charge in [0.25, 0.3) is 0 Å². The molecule has 27 heavy (non-hydrogen) atoms. The van der Waals surface area contributed by atoms with Crippen molar-refractivity contribution in [3.05, 3.63) is 64.5 Å². The molecule has 0 atom stereocenters. The second kappa shape index (κ2) is 8.66. The zero-order valence-electron chi connectivity index (χ0n) is 16.0. The van der Waals surface area contributed by atoms with Crippen molar-refractivity contribution in [1.29, 1.82) is 0 Å². The van der Waals surface area contributed by atoms with Gasteiger partial charge in [-0.3, -0.25) is 4.79 Å². The van der Waals surface area contributed by atoms with Crippen molar-refractivity contribution in [3.8, 4) is 5.75 Å². The van der Waals surface area contributed by atoms with Crippen LogP contribution in [0, 0.1) is 12.7 Å². The molecule has 2 aromatic carbocycles. The highest BCUT2D eigenvalue weighted by molar-refractivity contribution is 5.78. The molecule has 2 rings (SSSR count). The highest BCUT2D eigenvalue weighted by Gasteiger charge is 2.16. The molecular formula is C21H24FNO4. The van der Waals surface area contributed by atoms with Gasteiger partial charge in [0.15, 0.2) is 17.9 Å². The predicted molar refractivity (Wildman–Crippen MR) is 100 cm³/mol. The van der Waals surface area contributed by atoms with Gasteiger partial charge < -0.3 is 14.8 Å². The van der Waals surface area contributed by atoms with Gasteiger partial charge in [0, 0.05) is 6.54 Å². The van der Waals surface area contributed by atoms with E-state index in [9.17, 15) is 14.0 Å². The zero-order valence-corrected chi connectivity index (χ0v) is 16.0. The predicted octanol–water partition coefficient (Wildman–Crippen LogP) is 4.55. The summed E-state index contributed by atoms with van der Waals surface area (Å²) in [4.78, 5) is 22.9. The summed E-state index contributed by atoms with van der Waals surface area (Å²) in [6.45, 7) is 7.39. The van der Waals surface area contributed by atoms with Gasteiger partial charge in [-0.1, -0.05) is 30.3 Å². The maximum atomic E-state index is 14.3. The fraction of sp³-hybridized carbons (Fsp3) is 0.333. The van der Waals surface area contributed by atoms with Crippen LogP contribution in [0.5, 0.6) is 5.75 Å². The third-order valence-corrected chi connectivity index (χ3v) is 3.80. The number of hydrogen-bond acceptors (Lipinski definition) is 4. The van der Waals surface area contributed by atoms with E-state index >= 15 is 0 Å². The van der Waals surface area contributed by atoms with Gasteiger partial charge in [0.05, 0.1) is 5.56 Å². The zero-order chi connectivity index (χ0) is 20.0. The van der Waals surface area contributed by atoms with E-state index in [-0.39, 0.29) is 24.5 Å². The highest BCUT2D eigenvalue weighted by Crippen LogP contribution is 2.24. The summed E-state index contributed by atoms with van der Waals surface area (Å²) in [5, 5.41) is 2.69. The van der Waals surface area contributed by atoms with Crippen molar-refractivity contribution in [2.45, 2.75) is 46.4 Å². The van der Waals surface area contributed by atoms with Crippen LogP contribution in [-0.2, 0) is 17.9 Å². The fourth-order valence-corrected chi connectivity index (χ4v) is 2.43. The number of carbonyl (C=O) groups is 2. The summed E-state index contributed by atoms with van der Waals surface area (Å²) in [5.41, 5.74) is 1.59. The molecule has 0 unspecified atom stereocenters. The SMILES string of the molecule is Cc1ccc(OCc2ccccc2CNC(=O)OC(C)(C)C)c(F)c1C=O. The van der Waals surface area contributed by atoms with E-state index in [1.54, 1.807) is 33.8 Å². The molecule has 0 aliphatic heterocycles. The lowest BCUT2D eigenvalue weighted by molar-refractivity contribution is 0.0523. The number of amides is 1. The van der Waals surface area contributed by atoms with Crippen molar-refractivity contribution in [2.24, 2.45) is 0 Å². The van der Waals surface area contributed by atoms with Crippen LogP contribution in [0.4, 0.5) is 9.18 Å². The summed E-state index contributed by atoms with van der Waals surface area (Å²) in [7, 11) is 0. The van der Waals surface area contributed by atoms with Crippen LogP contribution in [0.3, 0.4) is 0 Å². The number of alkyl carbamates (subject to hydrolysis) is 1. The minimum Gasteiger partial charge on any atom is -0.486 e. The second-order valence-corrected chi connectivity index (χ2v) is 7.14. The Balaban J connectivity index is 2.06. The standard InChI is InChI=1S/C21H24FNO4/c1-14-9-10-18(19(22)17(14)12-24)26-13-16-8-6-5-7-15(16)11-23-20(25)27-21(2,3)4/h5-10,12H,11,13H2,1-4H3,(H,23,25). The van der Waals surface area contributed by atoms with E-state index in [4.69, 9.17) is 9.47 Å². The first kappa shape index (κ1) is 20.4. The van der Waals surface area contributed by atoms with Crippen LogP contribution in [0.2, 0.25) is 0 Å². The summed E-state index contributed by atoms with van der Waals surface area (Å²) in [5.74, 6) is -0.660. The molecule has 0 radical (unpaired) electrons. The van der Waals surface area contributed by atoms with Crippen LogP contribution in [0.15, 0.2) is 36.4 Å². The first-order chi connectivity index (χ1) is 12.7. The van der Waals surface area contributed by atoms with E-state index in [2.05, 4.69) is 5.32 Å². The van der Waals surface area contributed by atoms with E-state index < -0.39 is 17.5 Å². The van der Waals surface area contributed by atoms with Crippen LogP contribution >= 0.6 is 0 Å². The average molecular weight is 373 g/mol. The van der Waals surface area contributed by atoms with Crippen molar-refractivity contribution < 1.29 is 23.5 Å². The number of hydrogen-bond donors (Lipinski definition) is 1. The van der Waals surface area contributed by atoms with Crippen LogP contribution in [0.25, 0.3) is 0 Å². The third-order valence-electron chi connectivity index (χ3n) is 3.80. The summed E-state index contributed by atoms with van der Waals surface area (Å²) in [6.07, 6.45) is -0.0330. The molecule has 2 aromatic rings. The average Bonchev–Trinajstić information content (AvgIpc) is 2.59. The number of halogens is 1. The van der Waals surface area contributed by atoms with Crippen LogP contribution in [0.1, 0.15) is 47.8 Å². The minimum atomic E-state index is -0.672. The Kier molecular flexibility index (Phi) is 6.55. The Hall–Kier alpha value is -2.89. The topological polar surface area (TPSA) is 64.6 Å². The molecule has 0 heterocycles. The molecule has 0 aliphatic rings. The van der Waals surface area contributed by atoms with E-state index in [1.807, 2.05) is 24.3 Å². The first-order valence-corrected chi connectivity index (χ1v) is 8.62. The monoisotopic (exact) mass is 373 g/mol. The normalized spacial score (nSPS) is 11.0. The largest absolute Gasteiger partial charge is 0.486 e. The lowest BCUT2D eigenvalue weighted by Gasteiger charge is -2.20. The number of benzene rings is 2. The smallest absolute Gasteiger partial charge is 0.407 e. The van der Waals surface area contributed by atoms with Crippen LogP contribution in [-0.4, -0.2) is 18.0 Å². The number of rotatable bonds is 6. The van der Waals surface area contributed by atoms with Crippen molar-refractivity contribution in [2.75, 3.05) is 0 Å². The van der Waals surface area contributed by atoms with Gasteiger partial charge in [-0.15, -0.1) is 0 Å². The number of nitrogens with one attached hydrogen (secondary N) is 1. The van der Waals surface area contributed by atoms with Crippen molar-refractivity contribution in [1.82, 2.24) is 5.32 Å². The quantitative estimate of drug-likeness (QED) is 0.755. The Bertz CT molecular complexity index is 827. The molecule has 0 aliphatic carbocycles. The molecule has 0 saturated carbocycles. The number of aldehydes is 1. The molecule has 144 valence electrons. The highest BCUT2D eigenvalue weighted by atomic mass is 19.1. The van der Waals surface area contributed by atoms with Gasteiger partial charge in [-0.05, 0) is 50.5 Å². The fourth-order valence-electron chi connectivity index (χ4n) is 2.43. The Morgan fingerprint density at radius 1 is 1.15 bits per heavy atom. The third kappa shape index (κ3) is 5.81. The molecular weight excluding hydrogens is 349 g/mol. The van der Waals surface area contributed by atoms with Gasteiger partial charge in [-0.25, -0.2) is 9.18 Å². The first-order valence-electron chi connectivity index (χ1n) is 8.62. The van der Waals surface area contributed by atoms with Crippen LogP contribution < -0.4 is 10.1 Å². The summed E-state index contributed by atoms with van der Waals surface area (Å²) in [6, 6.07) is 10.5. The van der Waals surface area contributed by atoms with E-state index in [0.29, 0.717) is 11.8 Å². The molecule has 0 aromatic heterocycles. The summed E-state index contributed by atoms with van der Waals surface area (Å²) >= 11 is 0. The lowest BCUT2D eigenvalue weighted by atomic mass is 10.1. The maximum absolute atomic E-state index is 14.3. The Labute approximate surface area is 158 Å². The van der Waals surface area contributed by atoms with Gasteiger partial charge in [-0.2, -0.15) is 0 Å². The number of ether oxygens (including phenoxy) is 2. The molecule has 1 N–H and O–H groups in total. The van der Waals surface area contributed by atoms with Gasteiger partial charge in [0.2, 0.25) is 0 Å². The van der Waals surface area contributed by atoms with Crippen molar-refractivity contribution in [3.63, 3.8) is 0 Å². The number of aryl methyl sites for hydroxylation is 1. The molecule has 0 bridgehead atoms. The molecule has 0 saturated heterocycles. The Morgan fingerprint density at radius 3 is 2.44 bits per heavy atom. The van der Waals surface area contributed by atoms with Gasteiger partial charge >= 0.3 is 6.09 Å². The van der Waals surface area contributed by atoms with E-state index in [0.717, 1.165) is 11.1 Å². The molecule has 0 spiro atoms. The molecule has 6 heteroatoms. The minimum absolute atomic E-state index is 0.00706. The van der Waals surface area contributed by atoms with Gasteiger partial charge in [0.1, 0.15) is 12.2 Å². The molecule has 5 nitrogen and oxygen atoms in total. The molecule has 0 fully saturated rings. The Morgan fingerprint density at radius 2 is 1.81 bits per heavy atom. The second-order valence-electron chi connectivity index (χ2n) is 7.14. The summed E-state index contributed by atoms with van der Waals surface area (Å²) < 4.78 is 25.1. The number of carbonyl (C=O) groups excluding carboxylic acids is 2. The molecule has 1 amide bonds. The lowest BCUT2D eigenvalue weighted by Crippen LogP contribution is -2.32. The van der Waals surface area contributed by atoms with E-state index in [1.165, 1.54) is 6.07 Å².